The highest BCUT2D eigenvalue weighted by Crippen LogP contribution is 2.26. The number of anilines is 1. The van der Waals surface area contributed by atoms with Crippen LogP contribution in [-0.4, -0.2) is 50.5 Å². The van der Waals surface area contributed by atoms with Gasteiger partial charge in [-0.05, 0) is 62.1 Å². The Labute approximate surface area is 201 Å². The van der Waals surface area contributed by atoms with Crippen molar-refractivity contribution in [3.05, 3.63) is 64.2 Å². The molecule has 0 bridgehead atoms. The fourth-order valence-electron chi connectivity index (χ4n) is 3.44. The molecule has 0 aromatic heterocycles. The highest BCUT2D eigenvalue weighted by Gasteiger charge is 2.30. The van der Waals surface area contributed by atoms with E-state index in [2.05, 4.69) is 5.32 Å². The van der Waals surface area contributed by atoms with Crippen molar-refractivity contribution < 1.29 is 18.0 Å². The van der Waals surface area contributed by atoms with Crippen LogP contribution in [0.1, 0.15) is 37.0 Å². The first-order valence-electron chi connectivity index (χ1n) is 10.8. The number of nitrogens with zero attached hydrogens (tertiary/aromatic N) is 2. The number of hydrogen-bond acceptors (Lipinski definition) is 4. The summed E-state index contributed by atoms with van der Waals surface area (Å²) in [4.78, 5) is 27.6. The summed E-state index contributed by atoms with van der Waals surface area (Å²) in [5.74, 6) is -0.760. The number of nitrogens with one attached hydrogen (secondary N) is 1. The molecule has 2 aromatic rings. The fourth-order valence-corrected chi connectivity index (χ4v) is 4.58. The standard InChI is InChI=1S/C24H32ClN3O4S/c1-6-13-26-24(30)19(4)27(15-20-10-8-7-9-17(20)2)23(29)16-28(33(5,31)32)22-12-11-21(25)14-18(22)3/h7-12,14,19H,6,13,15-16H2,1-5H3,(H,26,30)/t19-/m1/s1. The number of carbonyl (C=O) groups is 2. The number of hydrogen-bond donors (Lipinski definition) is 1. The largest absolute Gasteiger partial charge is 0.354 e. The van der Waals surface area contributed by atoms with Crippen molar-refractivity contribution in [3.8, 4) is 0 Å². The van der Waals surface area contributed by atoms with E-state index in [1.54, 1.807) is 32.0 Å². The molecule has 180 valence electrons. The Balaban J connectivity index is 2.42. The summed E-state index contributed by atoms with van der Waals surface area (Å²) in [6.45, 7) is 7.51. The molecule has 0 aliphatic rings. The van der Waals surface area contributed by atoms with Gasteiger partial charge in [0.1, 0.15) is 12.6 Å². The average Bonchev–Trinajstić information content (AvgIpc) is 2.74. The molecule has 0 saturated carbocycles. The highest BCUT2D eigenvalue weighted by molar-refractivity contribution is 7.92. The van der Waals surface area contributed by atoms with Crippen LogP contribution in [0.15, 0.2) is 42.5 Å². The molecule has 33 heavy (non-hydrogen) atoms. The Bertz CT molecular complexity index is 1100. The molecule has 0 aliphatic heterocycles. The zero-order valence-corrected chi connectivity index (χ0v) is 21.3. The maximum atomic E-state index is 13.5. The second-order valence-electron chi connectivity index (χ2n) is 8.12. The minimum atomic E-state index is -3.78. The minimum absolute atomic E-state index is 0.184. The fraction of sp³-hybridized carbons (Fsp3) is 0.417. The lowest BCUT2D eigenvalue weighted by molar-refractivity contribution is -0.139. The van der Waals surface area contributed by atoms with E-state index in [4.69, 9.17) is 11.6 Å². The lowest BCUT2D eigenvalue weighted by Crippen LogP contribution is -2.51. The van der Waals surface area contributed by atoms with E-state index >= 15 is 0 Å². The molecule has 1 N–H and O–H groups in total. The molecule has 0 unspecified atom stereocenters. The first kappa shape index (κ1) is 26.7. The maximum absolute atomic E-state index is 13.5. The van der Waals surface area contributed by atoms with Crippen LogP contribution in [-0.2, 0) is 26.2 Å². The molecule has 0 spiro atoms. The number of aryl methyl sites for hydroxylation is 2. The van der Waals surface area contributed by atoms with E-state index < -0.39 is 28.5 Å². The molecule has 7 nitrogen and oxygen atoms in total. The molecule has 2 rings (SSSR count). The van der Waals surface area contributed by atoms with Gasteiger partial charge in [0, 0.05) is 18.1 Å². The van der Waals surface area contributed by atoms with Gasteiger partial charge < -0.3 is 10.2 Å². The van der Waals surface area contributed by atoms with E-state index in [-0.39, 0.29) is 12.5 Å². The van der Waals surface area contributed by atoms with Crippen LogP contribution in [0, 0.1) is 13.8 Å². The smallest absolute Gasteiger partial charge is 0.244 e. The van der Waals surface area contributed by atoms with Gasteiger partial charge in [0.05, 0.1) is 11.9 Å². The minimum Gasteiger partial charge on any atom is -0.354 e. The van der Waals surface area contributed by atoms with E-state index in [1.807, 2.05) is 38.1 Å². The van der Waals surface area contributed by atoms with Crippen molar-refractivity contribution in [2.24, 2.45) is 0 Å². The first-order valence-corrected chi connectivity index (χ1v) is 13.0. The van der Waals surface area contributed by atoms with Gasteiger partial charge in [0.15, 0.2) is 0 Å². The maximum Gasteiger partial charge on any atom is 0.244 e. The molecular formula is C24H32ClN3O4S. The van der Waals surface area contributed by atoms with Crippen LogP contribution in [0.3, 0.4) is 0 Å². The van der Waals surface area contributed by atoms with Crippen LogP contribution in [0.25, 0.3) is 0 Å². The van der Waals surface area contributed by atoms with E-state index in [1.165, 1.54) is 4.90 Å². The number of amides is 2. The van der Waals surface area contributed by atoms with Crippen molar-refractivity contribution in [1.29, 1.82) is 0 Å². The third-order valence-corrected chi connectivity index (χ3v) is 6.79. The van der Waals surface area contributed by atoms with Gasteiger partial charge in [-0.15, -0.1) is 0 Å². The van der Waals surface area contributed by atoms with Crippen molar-refractivity contribution in [3.63, 3.8) is 0 Å². The first-order chi connectivity index (χ1) is 15.5. The monoisotopic (exact) mass is 493 g/mol. The SMILES string of the molecule is CCCNC(=O)[C@@H](C)N(Cc1ccccc1C)C(=O)CN(c1ccc(Cl)cc1C)S(C)(=O)=O. The quantitative estimate of drug-likeness (QED) is 0.547. The van der Waals surface area contributed by atoms with Crippen LogP contribution >= 0.6 is 11.6 Å². The summed E-state index contributed by atoms with van der Waals surface area (Å²) in [6.07, 6.45) is 1.82. The second kappa shape index (κ2) is 11.5. The van der Waals surface area contributed by atoms with Crippen molar-refractivity contribution in [2.75, 3.05) is 23.7 Å². The molecule has 0 aliphatic carbocycles. The summed E-state index contributed by atoms with van der Waals surface area (Å²) in [5.41, 5.74) is 2.86. The Hall–Kier alpha value is -2.58. The van der Waals surface area contributed by atoms with Gasteiger partial charge in [-0.25, -0.2) is 8.42 Å². The molecule has 2 amide bonds. The summed E-state index contributed by atoms with van der Waals surface area (Å²) in [5, 5.41) is 3.29. The summed E-state index contributed by atoms with van der Waals surface area (Å²) in [6, 6.07) is 11.6. The van der Waals surface area contributed by atoms with Crippen LogP contribution in [0.2, 0.25) is 5.02 Å². The highest BCUT2D eigenvalue weighted by atomic mass is 35.5. The Kier molecular flexibility index (Phi) is 9.31. The molecule has 2 aromatic carbocycles. The van der Waals surface area contributed by atoms with E-state index in [0.717, 1.165) is 28.1 Å². The number of sulfonamides is 1. The molecule has 0 heterocycles. The summed E-state index contributed by atoms with van der Waals surface area (Å²) < 4.78 is 26.3. The van der Waals surface area contributed by atoms with Crippen LogP contribution in [0.4, 0.5) is 5.69 Å². The predicted octanol–water partition coefficient (Wildman–Crippen LogP) is 3.67. The van der Waals surface area contributed by atoms with E-state index in [9.17, 15) is 18.0 Å². The number of benzene rings is 2. The Morgan fingerprint density at radius 3 is 2.33 bits per heavy atom. The van der Waals surface area contributed by atoms with Crippen molar-refractivity contribution in [1.82, 2.24) is 10.2 Å². The summed E-state index contributed by atoms with van der Waals surface area (Å²) >= 11 is 6.03. The Morgan fingerprint density at radius 2 is 1.76 bits per heavy atom. The molecule has 0 fully saturated rings. The predicted molar refractivity (Wildman–Crippen MR) is 133 cm³/mol. The lowest BCUT2D eigenvalue weighted by atomic mass is 10.1. The average molecular weight is 494 g/mol. The number of carbonyl (C=O) groups excluding carboxylic acids is 2. The van der Waals surface area contributed by atoms with Gasteiger partial charge >= 0.3 is 0 Å². The van der Waals surface area contributed by atoms with Crippen LogP contribution < -0.4 is 9.62 Å². The molecule has 9 heteroatoms. The molecule has 0 saturated heterocycles. The normalized spacial score (nSPS) is 12.2. The van der Waals surface area contributed by atoms with Crippen LogP contribution in [0.5, 0.6) is 0 Å². The number of rotatable bonds is 10. The van der Waals surface area contributed by atoms with Gasteiger partial charge in [0.25, 0.3) is 0 Å². The Morgan fingerprint density at radius 1 is 1.09 bits per heavy atom. The second-order valence-corrected chi connectivity index (χ2v) is 10.5. The number of halogens is 1. The molecular weight excluding hydrogens is 462 g/mol. The van der Waals surface area contributed by atoms with Crippen molar-refractivity contribution >= 4 is 39.1 Å². The molecule has 1 atom stereocenters. The molecule has 0 radical (unpaired) electrons. The third-order valence-electron chi connectivity index (χ3n) is 5.43. The zero-order valence-electron chi connectivity index (χ0n) is 19.8. The van der Waals surface area contributed by atoms with Gasteiger partial charge in [-0.3, -0.25) is 13.9 Å². The topological polar surface area (TPSA) is 86.8 Å². The third kappa shape index (κ3) is 7.20. The lowest BCUT2D eigenvalue weighted by Gasteiger charge is -2.32. The zero-order chi connectivity index (χ0) is 24.8. The van der Waals surface area contributed by atoms with Gasteiger partial charge in [0.2, 0.25) is 21.8 Å². The van der Waals surface area contributed by atoms with E-state index in [0.29, 0.717) is 22.8 Å². The van der Waals surface area contributed by atoms with Gasteiger partial charge in [-0.2, -0.15) is 0 Å². The van der Waals surface area contributed by atoms with Gasteiger partial charge in [-0.1, -0.05) is 42.8 Å². The van der Waals surface area contributed by atoms with Crippen molar-refractivity contribution in [2.45, 2.75) is 46.7 Å². The summed E-state index contributed by atoms with van der Waals surface area (Å²) in [7, 11) is -3.78.